The molecule has 0 bridgehead atoms. The molecule has 1 spiro atoms. The highest BCUT2D eigenvalue weighted by Gasteiger charge is 2.42. The smallest absolute Gasteiger partial charge is 0.416 e. The van der Waals surface area contributed by atoms with Gasteiger partial charge in [0.1, 0.15) is 12.4 Å². The van der Waals surface area contributed by atoms with E-state index in [1.54, 1.807) is 4.90 Å². The lowest BCUT2D eigenvalue weighted by molar-refractivity contribution is -0.137. The van der Waals surface area contributed by atoms with Crippen LogP contribution in [0.5, 0.6) is 5.75 Å². The molecule has 2 aliphatic rings. The first-order chi connectivity index (χ1) is 16.7. The molecule has 2 aliphatic heterocycles. The van der Waals surface area contributed by atoms with Crippen LogP contribution in [-0.2, 0) is 17.4 Å². The van der Waals surface area contributed by atoms with Crippen LogP contribution in [0.4, 0.5) is 13.2 Å². The molecule has 8 heteroatoms. The third-order valence-electron chi connectivity index (χ3n) is 7.14. The number of fused-ring (bicyclic) bond motifs is 1. The lowest BCUT2D eigenvalue weighted by Crippen LogP contribution is -2.52. The van der Waals surface area contributed by atoms with E-state index in [2.05, 4.69) is 11.4 Å². The minimum Gasteiger partial charge on any atom is -0.491 e. The maximum absolute atomic E-state index is 13.4. The minimum absolute atomic E-state index is 0.0101. The number of hydrogen-bond donors (Lipinski definition) is 1. The van der Waals surface area contributed by atoms with Crippen molar-refractivity contribution in [2.75, 3.05) is 19.7 Å². The van der Waals surface area contributed by atoms with Gasteiger partial charge in [0.2, 0.25) is 5.91 Å². The van der Waals surface area contributed by atoms with Gasteiger partial charge in [-0.05, 0) is 74.9 Å². The largest absolute Gasteiger partial charge is 0.491 e. The molecule has 0 aromatic heterocycles. The molecule has 0 radical (unpaired) electrons. The summed E-state index contributed by atoms with van der Waals surface area (Å²) in [6.45, 7) is 3.07. The zero-order chi connectivity index (χ0) is 25.1. The van der Waals surface area contributed by atoms with E-state index in [1.807, 2.05) is 25.1 Å². The SMILES string of the molecule is C[C@@H]1COc2ccccc2CCCCC2(CCN(C(=O)c3ccc(C(F)(F)F)cc3)CC2)C(=O)N1. The fraction of sp³-hybridized carbons (Fsp3) is 0.481. The van der Waals surface area contributed by atoms with Gasteiger partial charge in [0.25, 0.3) is 5.91 Å². The number of rotatable bonds is 1. The highest BCUT2D eigenvalue weighted by molar-refractivity contribution is 5.94. The normalized spacial score (nSPS) is 21.2. The molecule has 2 aromatic carbocycles. The van der Waals surface area contributed by atoms with Crippen molar-refractivity contribution in [3.05, 3.63) is 65.2 Å². The Balaban J connectivity index is 1.43. The average Bonchev–Trinajstić information content (AvgIpc) is 2.85. The van der Waals surface area contributed by atoms with Crippen molar-refractivity contribution < 1.29 is 27.5 Å². The summed E-state index contributed by atoms with van der Waals surface area (Å²) in [5.41, 5.74) is 0.0422. The maximum atomic E-state index is 13.4. The first-order valence-electron chi connectivity index (χ1n) is 12.2. The van der Waals surface area contributed by atoms with E-state index in [9.17, 15) is 22.8 Å². The van der Waals surface area contributed by atoms with Gasteiger partial charge in [-0.1, -0.05) is 24.6 Å². The summed E-state index contributed by atoms with van der Waals surface area (Å²) in [6.07, 6.45) is 0.0228. The van der Waals surface area contributed by atoms with Crippen LogP contribution in [0.2, 0.25) is 0 Å². The quantitative estimate of drug-likeness (QED) is 0.598. The number of ether oxygens (including phenoxy) is 1. The van der Waals surface area contributed by atoms with Gasteiger partial charge >= 0.3 is 6.18 Å². The van der Waals surface area contributed by atoms with Gasteiger partial charge in [0, 0.05) is 18.7 Å². The summed E-state index contributed by atoms with van der Waals surface area (Å²) in [7, 11) is 0. The molecule has 1 N–H and O–H groups in total. The predicted molar refractivity (Wildman–Crippen MR) is 126 cm³/mol. The lowest BCUT2D eigenvalue weighted by atomic mass is 9.73. The molecule has 0 saturated carbocycles. The molecule has 1 atom stereocenters. The number of para-hydroxylation sites is 1. The van der Waals surface area contributed by atoms with Crippen LogP contribution in [0, 0.1) is 5.41 Å². The molecule has 2 heterocycles. The van der Waals surface area contributed by atoms with Gasteiger partial charge < -0.3 is 15.0 Å². The van der Waals surface area contributed by atoms with Crippen molar-refractivity contribution in [2.24, 2.45) is 5.41 Å². The number of aryl methyl sites for hydroxylation is 1. The lowest BCUT2D eigenvalue weighted by Gasteiger charge is -2.41. The van der Waals surface area contributed by atoms with Crippen LogP contribution in [0.3, 0.4) is 0 Å². The molecule has 1 saturated heterocycles. The second-order valence-corrected chi connectivity index (χ2v) is 9.65. The van der Waals surface area contributed by atoms with Gasteiger partial charge in [-0.15, -0.1) is 0 Å². The van der Waals surface area contributed by atoms with Gasteiger partial charge in [0.15, 0.2) is 0 Å². The van der Waals surface area contributed by atoms with Crippen LogP contribution < -0.4 is 10.1 Å². The second kappa shape index (κ2) is 10.3. The zero-order valence-corrected chi connectivity index (χ0v) is 19.9. The third kappa shape index (κ3) is 5.80. The number of halogens is 3. The number of amides is 2. The molecule has 188 valence electrons. The molecular weight excluding hydrogens is 457 g/mol. The number of benzene rings is 2. The Morgan fingerprint density at radius 2 is 1.71 bits per heavy atom. The zero-order valence-electron chi connectivity index (χ0n) is 19.9. The predicted octanol–water partition coefficient (Wildman–Crippen LogP) is 5.24. The van der Waals surface area contributed by atoms with Crippen LogP contribution in [0.25, 0.3) is 0 Å². The number of carbonyl (C=O) groups excluding carboxylic acids is 2. The summed E-state index contributed by atoms with van der Waals surface area (Å²) < 4.78 is 44.5. The number of likely N-dealkylation sites (tertiary alicyclic amines) is 1. The number of nitrogens with one attached hydrogen (secondary N) is 1. The molecule has 2 amide bonds. The van der Waals surface area contributed by atoms with Crippen LogP contribution in [-0.4, -0.2) is 42.5 Å². The molecule has 2 aromatic rings. The van der Waals surface area contributed by atoms with E-state index in [-0.39, 0.29) is 23.4 Å². The minimum atomic E-state index is -4.44. The standard InChI is InChI=1S/C27H31F3N2O3/c1-19-18-35-23-8-3-2-6-20(23)7-4-5-13-26(25(34)31-19)14-16-32(17-15-26)24(33)21-9-11-22(12-10-21)27(28,29)30/h2-3,6,8-12,19H,4-5,7,13-18H2,1H3,(H,31,34)/t19-/m1/s1. The topological polar surface area (TPSA) is 58.6 Å². The van der Waals surface area contributed by atoms with Crippen molar-refractivity contribution in [1.29, 1.82) is 0 Å². The van der Waals surface area contributed by atoms with Gasteiger partial charge in [-0.2, -0.15) is 13.2 Å². The summed E-state index contributed by atoms with van der Waals surface area (Å²) in [5.74, 6) is 0.545. The molecule has 0 unspecified atom stereocenters. The van der Waals surface area contributed by atoms with Gasteiger partial charge in [-0.25, -0.2) is 0 Å². The van der Waals surface area contributed by atoms with Crippen molar-refractivity contribution in [3.63, 3.8) is 0 Å². The van der Waals surface area contributed by atoms with Crippen molar-refractivity contribution in [3.8, 4) is 5.75 Å². The van der Waals surface area contributed by atoms with E-state index in [1.165, 1.54) is 12.1 Å². The first kappa shape index (κ1) is 25.1. The Morgan fingerprint density at radius 1 is 1.03 bits per heavy atom. The van der Waals surface area contributed by atoms with Crippen LogP contribution in [0.15, 0.2) is 48.5 Å². The Morgan fingerprint density at radius 3 is 2.40 bits per heavy atom. The fourth-order valence-corrected chi connectivity index (χ4v) is 4.98. The van der Waals surface area contributed by atoms with Crippen molar-refractivity contribution in [2.45, 2.75) is 57.7 Å². The van der Waals surface area contributed by atoms with Gasteiger partial charge in [0.05, 0.1) is 17.0 Å². The number of carbonyl (C=O) groups is 2. The molecule has 4 rings (SSSR count). The van der Waals surface area contributed by atoms with Gasteiger partial charge in [-0.3, -0.25) is 9.59 Å². The van der Waals surface area contributed by atoms with E-state index < -0.39 is 17.2 Å². The molecule has 0 aliphatic carbocycles. The van der Waals surface area contributed by atoms with Crippen LogP contribution in [0.1, 0.15) is 60.5 Å². The molecule has 1 fully saturated rings. The maximum Gasteiger partial charge on any atom is 0.416 e. The highest BCUT2D eigenvalue weighted by atomic mass is 19.4. The number of hydrogen-bond acceptors (Lipinski definition) is 3. The summed E-state index contributed by atoms with van der Waals surface area (Å²) in [6, 6.07) is 12.1. The van der Waals surface area contributed by atoms with E-state index >= 15 is 0 Å². The summed E-state index contributed by atoms with van der Waals surface area (Å²) in [5, 5.41) is 3.11. The van der Waals surface area contributed by atoms with Crippen molar-refractivity contribution in [1.82, 2.24) is 10.2 Å². The molecule has 5 nitrogen and oxygen atoms in total. The summed E-state index contributed by atoms with van der Waals surface area (Å²) in [4.78, 5) is 27.9. The molecular formula is C27H31F3N2O3. The van der Waals surface area contributed by atoms with E-state index in [0.717, 1.165) is 49.1 Å². The summed E-state index contributed by atoms with van der Waals surface area (Å²) >= 11 is 0. The number of alkyl halides is 3. The monoisotopic (exact) mass is 488 g/mol. The average molecular weight is 489 g/mol. The molecule has 35 heavy (non-hydrogen) atoms. The third-order valence-corrected chi connectivity index (χ3v) is 7.14. The Labute approximate surface area is 203 Å². The van der Waals surface area contributed by atoms with Crippen LogP contribution >= 0.6 is 0 Å². The Hall–Kier alpha value is -3.03. The first-order valence-corrected chi connectivity index (χ1v) is 12.2. The number of piperidine rings is 1. The Kier molecular flexibility index (Phi) is 7.38. The second-order valence-electron chi connectivity index (χ2n) is 9.65. The van der Waals surface area contributed by atoms with E-state index in [0.29, 0.717) is 32.5 Å². The van der Waals surface area contributed by atoms with E-state index in [4.69, 9.17) is 4.74 Å². The Bertz CT molecular complexity index is 1040. The fourth-order valence-electron chi connectivity index (χ4n) is 4.98. The highest BCUT2D eigenvalue weighted by Crippen LogP contribution is 2.38. The van der Waals surface area contributed by atoms with Crippen molar-refractivity contribution >= 4 is 11.8 Å². The number of nitrogens with zero attached hydrogens (tertiary/aromatic N) is 1.